The Morgan fingerprint density at radius 3 is 2.67 bits per heavy atom. The predicted molar refractivity (Wildman–Crippen MR) is 104 cm³/mol. The van der Waals surface area contributed by atoms with Gasteiger partial charge < -0.3 is 20.7 Å². The smallest absolute Gasteiger partial charge is 0.239 e. The molecule has 1 amide bonds. The van der Waals surface area contributed by atoms with E-state index in [1.54, 1.807) is 26.2 Å². The maximum absolute atomic E-state index is 13.2. The number of hydrogen-bond acceptors (Lipinski definition) is 3. The molecule has 0 aliphatic rings. The molecule has 0 aliphatic heterocycles. The van der Waals surface area contributed by atoms with Gasteiger partial charge in [0.15, 0.2) is 5.96 Å². The summed E-state index contributed by atoms with van der Waals surface area (Å²) >= 11 is 0. The largest absolute Gasteiger partial charge is 0.383 e. The van der Waals surface area contributed by atoms with Gasteiger partial charge in [-0.05, 0) is 31.0 Å². The van der Waals surface area contributed by atoms with Crippen LogP contribution in [0.4, 0.5) is 4.39 Å². The third kappa shape index (κ3) is 9.02. The van der Waals surface area contributed by atoms with Crippen LogP contribution in [-0.4, -0.2) is 45.2 Å². The number of hydrogen-bond donors (Lipinski definition) is 3. The summed E-state index contributed by atoms with van der Waals surface area (Å²) in [6.45, 7) is 5.82. The first-order valence-corrected chi connectivity index (χ1v) is 7.59. The number of nitrogens with one attached hydrogen (secondary N) is 3. The number of halogens is 2. The molecule has 3 N–H and O–H groups in total. The average molecular weight is 452 g/mol. The highest BCUT2D eigenvalue weighted by molar-refractivity contribution is 14.0. The van der Waals surface area contributed by atoms with Crippen LogP contribution in [0.5, 0.6) is 0 Å². The van der Waals surface area contributed by atoms with Gasteiger partial charge in [-0.3, -0.25) is 4.79 Å². The summed E-state index contributed by atoms with van der Waals surface area (Å²) in [6.07, 6.45) is 0. The first-order valence-electron chi connectivity index (χ1n) is 7.59. The van der Waals surface area contributed by atoms with Crippen molar-refractivity contribution in [2.45, 2.75) is 20.4 Å². The highest BCUT2D eigenvalue weighted by atomic mass is 127. The van der Waals surface area contributed by atoms with E-state index in [2.05, 4.69) is 20.9 Å². The Kier molecular flexibility index (Phi) is 12.2. The monoisotopic (exact) mass is 452 g/mol. The third-order valence-electron chi connectivity index (χ3n) is 3.03. The number of aryl methyl sites for hydroxylation is 1. The van der Waals surface area contributed by atoms with E-state index in [-0.39, 0.29) is 42.2 Å². The van der Waals surface area contributed by atoms with Gasteiger partial charge in [0.25, 0.3) is 0 Å². The molecule has 0 heterocycles. The normalized spacial score (nSPS) is 10.8. The summed E-state index contributed by atoms with van der Waals surface area (Å²) in [4.78, 5) is 16.0. The van der Waals surface area contributed by atoms with Gasteiger partial charge in [-0.25, -0.2) is 9.38 Å². The zero-order valence-electron chi connectivity index (χ0n) is 14.3. The van der Waals surface area contributed by atoms with Gasteiger partial charge in [-0.2, -0.15) is 0 Å². The minimum Gasteiger partial charge on any atom is -0.383 e. The standard InChI is InChI=1S/C16H25FN4O2.HI/c1-4-18-16(21-11-15(22)19-7-8-23-3)20-10-13-5-6-14(17)12(2)9-13;/h5-6,9H,4,7-8,10-11H2,1-3H3,(H,19,22)(H2,18,20,21);1H. The van der Waals surface area contributed by atoms with Crippen LogP contribution >= 0.6 is 24.0 Å². The molecule has 0 saturated carbocycles. The van der Waals surface area contributed by atoms with Crippen molar-refractivity contribution < 1.29 is 13.9 Å². The fourth-order valence-corrected chi connectivity index (χ4v) is 1.84. The van der Waals surface area contributed by atoms with Crippen molar-refractivity contribution in [2.75, 3.05) is 33.4 Å². The van der Waals surface area contributed by atoms with Crippen molar-refractivity contribution in [3.05, 3.63) is 35.1 Å². The quantitative estimate of drug-likeness (QED) is 0.242. The summed E-state index contributed by atoms with van der Waals surface area (Å²) in [5.41, 5.74) is 1.50. The predicted octanol–water partition coefficient (Wildman–Crippen LogP) is 1.57. The van der Waals surface area contributed by atoms with Gasteiger partial charge in [0, 0.05) is 20.2 Å². The minimum atomic E-state index is -0.226. The Bertz CT molecular complexity index is 541. The van der Waals surface area contributed by atoms with Gasteiger partial charge in [0.2, 0.25) is 5.91 Å². The van der Waals surface area contributed by atoms with E-state index in [0.29, 0.717) is 37.8 Å². The highest BCUT2D eigenvalue weighted by Gasteiger charge is 2.04. The number of carbonyl (C=O) groups is 1. The van der Waals surface area contributed by atoms with Crippen LogP contribution in [0, 0.1) is 12.7 Å². The number of ether oxygens (including phenoxy) is 1. The van der Waals surface area contributed by atoms with Crippen LogP contribution in [0.25, 0.3) is 0 Å². The molecule has 1 aromatic carbocycles. The number of guanidine groups is 1. The third-order valence-corrected chi connectivity index (χ3v) is 3.03. The molecule has 0 unspecified atom stereocenters. The van der Waals surface area contributed by atoms with E-state index >= 15 is 0 Å². The Labute approximate surface area is 159 Å². The molecule has 0 spiro atoms. The Morgan fingerprint density at radius 1 is 1.29 bits per heavy atom. The molecular formula is C16H26FIN4O2. The van der Waals surface area contributed by atoms with Crippen LogP contribution in [-0.2, 0) is 16.1 Å². The molecule has 6 nitrogen and oxygen atoms in total. The van der Waals surface area contributed by atoms with Crippen molar-refractivity contribution in [1.29, 1.82) is 0 Å². The molecule has 1 rings (SSSR count). The van der Waals surface area contributed by atoms with E-state index in [9.17, 15) is 9.18 Å². The highest BCUT2D eigenvalue weighted by Crippen LogP contribution is 2.09. The lowest BCUT2D eigenvalue weighted by Gasteiger charge is -2.11. The van der Waals surface area contributed by atoms with E-state index in [1.165, 1.54) is 6.07 Å². The molecule has 0 saturated heterocycles. The number of rotatable bonds is 8. The second-order valence-electron chi connectivity index (χ2n) is 4.98. The van der Waals surface area contributed by atoms with Crippen LogP contribution in [0.15, 0.2) is 23.2 Å². The van der Waals surface area contributed by atoms with Gasteiger partial charge in [-0.15, -0.1) is 24.0 Å². The molecule has 0 aromatic heterocycles. The van der Waals surface area contributed by atoms with E-state index < -0.39 is 0 Å². The van der Waals surface area contributed by atoms with Crippen LogP contribution in [0.2, 0.25) is 0 Å². The van der Waals surface area contributed by atoms with E-state index in [4.69, 9.17) is 4.74 Å². The fourth-order valence-electron chi connectivity index (χ4n) is 1.84. The molecule has 0 radical (unpaired) electrons. The Morgan fingerprint density at radius 2 is 2.04 bits per heavy atom. The number of aliphatic imine (C=N–C) groups is 1. The summed E-state index contributed by atoms with van der Waals surface area (Å²) < 4.78 is 18.1. The lowest BCUT2D eigenvalue weighted by Crippen LogP contribution is -2.43. The molecule has 136 valence electrons. The zero-order valence-corrected chi connectivity index (χ0v) is 16.6. The van der Waals surface area contributed by atoms with Crippen LogP contribution in [0.1, 0.15) is 18.1 Å². The summed E-state index contributed by atoms with van der Waals surface area (Å²) in [6, 6.07) is 4.90. The number of nitrogens with zero attached hydrogens (tertiary/aromatic N) is 1. The fraction of sp³-hybridized carbons (Fsp3) is 0.500. The molecule has 24 heavy (non-hydrogen) atoms. The summed E-state index contributed by atoms with van der Waals surface area (Å²) in [5.74, 6) is 0.178. The van der Waals surface area contributed by atoms with E-state index in [1.807, 2.05) is 6.92 Å². The lowest BCUT2D eigenvalue weighted by atomic mass is 10.1. The summed E-state index contributed by atoms with van der Waals surface area (Å²) in [7, 11) is 1.58. The number of benzene rings is 1. The van der Waals surface area contributed by atoms with Crippen LogP contribution < -0.4 is 16.0 Å². The van der Waals surface area contributed by atoms with Gasteiger partial charge in [0.05, 0.1) is 19.7 Å². The van der Waals surface area contributed by atoms with E-state index in [0.717, 1.165) is 5.56 Å². The molecular weight excluding hydrogens is 426 g/mol. The SMILES string of the molecule is CCNC(=NCc1ccc(F)c(C)c1)NCC(=O)NCCOC.I. The first-order chi connectivity index (χ1) is 11.1. The Balaban J connectivity index is 0.00000529. The maximum Gasteiger partial charge on any atom is 0.239 e. The number of amides is 1. The minimum absolute atomic E-state index is 0. The second kappa shape index (κ2) is 12.9. The molecule has 8 heteroatoms. The van der Waals surface area contributed by atoms with Crippen molar-refractivity contribution in [3.63, 3.8) is 0 Å². The lowest BCUT2D eigenvalue weighted by molar-refractivity contribution is -0.120. The Hall–Kier alpha value is -1.42. The van der Waals surface area contributed by atoms with Crippen molar-refractivity contribution in [2.24, 2.45) is 4.99 Å². The second-order valence-corrected chi connectivity index (χ2v) is 4.98. The molecule has 0 aliphatic carbocycles. The van der Waals surface area contributed by atoms with Gasteiger partial charge >= 0.3 is 0 Å². The molecule has 0 atom stereocenters. The number of methoxy groups -OCH3 is 1. The van der Waals surface area contributed by atoms with Gasteiger partial charge in [-0.1, -0.05) is 12.1 Å². The topological polar surface area (TPSA) is 74.8 Å². The average Bonchev–Trinajstić information content (AvgIpc) is 2.53. The van der Waals surface area contributed by atoms with Crippen molar-refractivity contribution >= 4 is 35.8 Å². The molecule has 0 fully saturated rings. The van der Waals surface area contributed by atoms with Gasteiger partial charge in [0.1, 0.15) is 5.82 Å². The van der Waals surface area contributed by atoms with Crippen LogP contribution in [0.3, 0.4) is 0 Å². The van der Waals surface area contributed by atoms with Crippen molar-refractivity contribution in [3.8, 4) is 0 Å². The molecule has 1 aromatic rings. The number of carbonyl (C=O) groups excluding carboxylic acids is 1. The molecule has 0 bridgehead atoms. The first kappa shape index (κ1) is 22.6. The zero-order chi connectivity index (χ0) is 17.1. The van der Waals surface area contributed by atoms with Crippen molar-refractivity contribution in [1.82, 2.24) is 16.0 Å². The summed E-state index contributed by atoms with van der Waals surface area (Å²) in [5, 5.41) is 8.73. The maximum atomic E-state index is 13.2.